The lowest BCUT2D eigenvalue weighted by Gasteiger charge is -2.32. The number of nitrogens with one attached hydrogen (secondary N) is 1. The molecule has 0 spiro atoms. The molecule has 1 fully saturated rings. The first-order chi connectivity index (χ1) is 9.51. The van der Waals surface area contributed by atoms with E-state index in [9.17, 15) is 5.11 Å². The molecule has 0 amide bonds. The minimum Gasteiger partial charge on any atom is -0.390 e. The predicted octanol–water partition coefficient (Wildman–Crippen LogP) is 2.89. The smallest absolute Gasteiger partial charge is 0.0791 e. The van der Waals surface area contributed by atoms with Crippen molar-refractivity contribution in [2.75, 3.05) is 32.7 Å². The van der Waals surface area contributed by atoms with Crippen molar-refractivity contribution in [3.05, 3.63) is 0 Å². The number of nitrogens with zero attached hydrogens (tertiary/aromatic N) is 1. The maximum atomic E-state index is 10.1. The maximum absolute atomic E-state index is 10.1. The van der Waals surface area contributed by atoms with E-state index in [2.05, 4.69) is 37.9 Å². The summed E-state index contributed by atoms with van der Waals surface area (Å²) >= 11 is 0. The summed E-state index contributed by atoms with van der Waals surface area (Å²) < 4.78 is 0. The van der Waals surface area contributed by atoms with Gasteiger partial charge < -0.3 is 15.3 Å². The molecule has 120 valence electrons. The van der Waals surface area contributed by atoms with E-state index < -0.39 is 0 Å². The molecule has 1 unspecified atom stereocenters. The number of hydrogen-bond donors (Lipinski definition) is 2. The molecule has 0 saturated heterocycles. The highest BCUT2D eigenvalue weighted by atomic mass is 16.3. The molecule has 1 atom stereocenters. The van der Waals surface area contributed by atoms with Crippen molar-refractivity contribution in [1.29, 1.82) is 0 Å². The van der Waals surface area contributed by atoms with Crippen LogP contribution in [0.2, 0.25) is 0 Å². The normalized spacial score (nSPS) is 19.9. The summed E-state index contributed by atoms with van der Waals surface area (Å²) in [6.45, 7) is 13.6. The topological polar surface area (TPSA) is 35.5 Å². The quantitative estimate of drug-likeness (QED) is 0.647. The zero-order valence-corrected chi connectivity index (χ0v) is 14.1. The third-order valence-corrected chi connectivity index (χ3v) is 4.75. The molecular weight excluding hydrogens is 248 g/mol. The lowest BCUT2D eigenvalue weighted by Crippen LogP contribution is -2.41. The molecule has 0 heterocycles. The lowest BCUT2D eigenvalue weighted by atomic mass is 9.78. The molecule has 1 aliphatic rings. The van der Waals surface area contributed by atoms with Gasteiger partial charge in [0.2, 0.25) is 0 Å². The van der Waals surface area contributed by atoms with Crippen molar-refractivity contribution >= 4 is 0 Å². The number of aliphatic hydroxyl groups is 1. The average Bonchev–Trinajstić information content (AvgIpc) is 2.83. The molecule has 0 bridgehead atoms. The molecular formula is C17H36N2O. The van der Waals surface area contributed by atoms with Gasteiger partial charge in [-0.1, -0.05) is 40.5 Å². The Morgan fingerprint density at radius 3 is 2.25 bits per heavy atom. The molecule has 0 aromatic rings. The van der Waals surface area contributed by atoms with Crippen molar-refractivity contribution in [2.45, 2.75) is 65.9 Å². The van der Waals surface area contributed by atoms with Crippen LogP contribution in [-0.2, 0) is 0 Å². The fourth-order valence-corrected chi connectivity index (χ4v) is 3.79. The monoisotopic (exact) mass is 284 g/mol. The van der Waals surface area contributed by atoms with E-state index in [1.54, 1.807) is 0 Å². The van der Waals surface area contributed by atoms with Gasteiger partial charge in [-0.05, 0) is 43.7 Å². The van der Waals surface area contributed by atoms with E-state index in [1.807, 2.05) is 0 Å². The van der Waals surface area contributed by atoms with E-state index in [1.165, 1.54) is 32.1 Å². The highest BCUT2D eigenvalue weighted by Crippen LogP contribution is 2.42. The Hall–Kier alpha value is -0.120. The zero-order valence-electron chi connectivity index (χ0n) is 14.1. The number of hydrogen-bond acceptors (Lipinski definition) is 3. The second-order valence-corrected chi connectivity index (χ2v) is 7.08. The van der Waals surface area contributed by atoms with Crippen LogP contribution in [0.25, 0.3) is 0 Å². The maximum Gasteiger partial charge on any atom is 0.0791 e. The van der Waals surface area contributed by atoms with Gasteiger partial charge in [-0.15, -0.1) is 0 Å². The van der Waals surface area contributed by atoms with E-state index >= 15 is 0 Å². The first-order valence-corrected chi connectivity index (χ1v) is 8.62. The highest BCUT2D eigenvalue weighted by Gasteiger charge is 2.33. The van der Waals surface area contributed by atoms with Gasteiger partial charge in [-0.25, -0.2) is 0 Å². The third kappa shape index (κ3) is 6.11. The number of rotatable bonds is 10. The minimum absolute atomic E-state index is 0.243. The van der Waals surface area contributed by atoms with Gasteiger partial charge in [0.05, 0.1) is 6.10 Å². The van der Waals surface area contributed by atoms with Gasteiger partial charge in [-0.2, -0.15) is 0 Å². The van der Waals surface area contributed by atoms with Gasteiger partial charge in [0.15, 0.2) is 0 Å². The van der Waals surface area contributed by atoms with Crippen LogP contribution in [0.1, 0.15) is 59.8 Å². The summed E-state index contributed by atoms with van der Waals surface area (Å²) in [5, 5.41) is 13.7. The van der Waals surface area contributed by atoms with Crippen molar-refractivity contribution in [2.24, 2.45) is 11.3 Å². The molecule has 0 aromatic carbocycles. The SMILES string of the molecule is CCN(CC)CC(O)CNCC1(CC(C)C)CCCC1. The molecule has 3 heteroatoms. The fourth-order valence-electron chi connectivity index (χ4n) is 3.79. The Balaban J connectivity index is 2.30. The van der Waals surface area contributed by atoms with Crippen LogP contribution in [0.4, 0.5) is 0 Å². The molecule has 0 aromatic heterocycles. The predicted molar refractivity (Wildman–Crippen MR) is 87.0 cm³/mol. The van der Waals surface area contributed by atoms with Crippen molar-refractivity contribution in [1.82, 2.24) is 10.2 Å². The fraction of sp³-hybridized carbons (Fsp3) is 1.00. The van der Waals surface area contributed by atoms with Gasteiger partial charge in [-0.3, -0.25) is 0 Å². The van der Waals surface area contributed by atoms with E-state index in [0.717, 1.165) is 38.6 Å². The van der Waals surface area contributed by atoms with Crippen LogP contribution in [0.15, 0.2) is 0 Å². The van der Waals surface area contributed by atoms with E-state index in [0.29, 0.717) is 5.41 Å². The van der Waals surface area contributed by atoms with Crippen LogP contribution in [0.3, 0.4) is 0 Å². The number of likely N-dealkylation sites (N-methyl/N-ethyl adjacent to an activating group) is 1. The molecule has 3 nitrogen and oxygen atoms in total. The van der Waals surface area contributed by atoms with Crippen LogP contribution in [0, 0.1) is 11.3 Å². The zero-order chi connectivity index (χ0) is 15.0. The molecule has 20 heavy (non-hydrogen) atoms. The van der Waals surface area contributed by atoms with Crippen LogP contribution < -0.4 is 5.32 Å². The average molecular weight is 284 g/mol. The standard InChI is InChI=1S/C17H36N2O/c1-5-19(6-2)13-16(20)12-18-14-17(11-15(3)4)9-7-8-10-17/h15-16,18,20H,5-14H2,1-4H3. The Labute approximate surface area is 126 Å². The molecule has 2 N–H and O–H groups in total. The summed E-state index contributed by atoms with van der Waals surface area (Å²) in [6, 6.07) is 0. The molecule has 0 radical (unpaired) electrons. The Kier molecular flexibility index (Phi) is 8.08. The summed E-state index contributed by atoms with van der Waals surface area (Å²) in [5.74, 6) is 0.774. The summed E-state index contributed by atoms with van der Waals surface area (Å²) in [7, 11) is 0. The van der Waals surface area contributed by atoms with Gasteiger partial charge in [0.1, 0.15) is 0 Å². The third-order valence-electron chi connectivity index (χ3n) is 4.75. The first-order valence-electron chi connectivity index (χ1n) is 8.62. The largest absolute Gasteiger partial charge is 0.390 e. The Morgan fingerprint density at radius 2 is 1.75 bits per heavy atom. The van der Waals surface area contributed by atoms with Crippen LogP contribution in [-0.4, -0.2) is 48.8 Å². The van der Waals surface area contributed by atoms with Gasteiger partial charge >= 0.3 is 0 Å². The van der Waals surface area contributed by atoms with E-state index in [4.69, 9.17) is 0 Å². The Morgan fingerprint density at radius 1 is 1.15 bits per heavy atom. The Bertz CT molecular complexity index is 245. The van der Waals surface area contributed by atoms with E-state index in [-0.39, 0.29) is 6.10 Å². The molecule has 0 aliphatic heterocycles. The second-order valence-electron chi connectivity index (χ2n) is 7.08. The van der Waals surface area contributed by atoms with Gasteiger partial charge in [0, 0.05) is 19.6 Å². The van der Waals surface area contributed by atoms with Crippen molar-refractivity contribution in [3.8, 4) is 0 Å². The van der Waals surface area contributed by atoms with Crippen molar-refractivity contribution in [3.63, 3.8) is 0 Å². The van der Waals surface area contributed by atoms with Gasteiger partial charge in [0.25, 0.3) is 0 Å². The lowest BCUT2D eigenvalue weighted by molar-refractivity contribution is 0.110. The van der Waals surface area contributed by atoms with Crippen LogP contribution in [0.5, 0.6) is 0 Å². The molecule has 1 rings (SSSR count). The number of aliphatic hydroxyl groups excluding tert-OH is 1. The molecule has 1 saturated carbocycles. The summed E-state index contributed by atoms with van der Waals surface area (Å²) in [4.78, 5) is 2.28. The van der Waals surface area contributed by atoms with Crippen molar-refractivity contribution < 1.29 is 5.11 Å². The minimum atomic E-state index is -0.243. The van der Waals surface area contributed by atoms with Crippen LogP contribution >= 0.6 is 0 Å². The first kappa shape index (κ1) is 17.9. The summed E-state index contributed by atoms with van der Waals surface area (Å²) in [6.07, 6.45) is 6.58. The summed E-state index contributed by atoms with van der Waals surface area (Å²) in [5.41, 5.74) is 0.503. The molecule has 1 aliphatic carbocycles. The second kappa shape index (κ2) is 9.01. The highest BCUT2D eigenvalue weighted by molar-refractivity contribution is 4.87.